The molecule has 1 unspecified atom stereocenters. The molecule has 0 bridgehead atoms. The van der Waals surface area contributed by atoms with E-state index in [-0.39, 0.29) is 24.1 Å². The van der Waals surface area contributed by atoms with Crippen LogP contribution in [0.3, 0.4) is 0 Å². The normalized spacial score (nSPS) is 12.1. The molecule has 110 valence electrons. The summed E-state index contributed by atoms with van der Waals surface area (Å²) in [5.41, 5.74) is 0.697. The van der Waals surface area contributed by atoms with Gasteiger partial charge in [0.15, 0.2) is 6.61 Å². The van der Waals surface area contributed by atoms with Crippen LogP contribution in [0.4, 0.5) is 0 Å². The van der Waals surface area contributed by atoms with Crippen molar-refractivity contribution < 1.29 is 19.4 Å². The molecule has 0 saturated carbocycles. The van der Waals surface area contributed by atoms with Gasteiger partial charge >= 0.3 is 5.97 Å². The van der Waals surface area contributed by atoms with Gasteiger partial charge in [-0.1, -0.05) is 19.9 Å². The third kappa shape index (κ3) is 4.26. The molecule has 0 aliphatic carbocycles. The number of carbonyl (C=O) groups is 2. The number of hydrogen-bond acceptors (Lipinski definition) is 3. The van der Waals surface area contributed by atoms with Gasteiger partial charge in [-0.05, 0) is 31.9 Å². The van der Waals surface area contributed by atoms with Crippen LogP contribution < -0.4 is 10.1 Å². The minimum atomic E-state index is -1.01. The number of carboxylic acid groups (broad SMARTS) is 1. The zero-order valence-electron chi connectivity index (χ0n) is 12.3. The van der Waals surface area contributed by atoms with Crippen molar-refractivity contribution in [3.63, 3.8) is 0 Å². The van der Waals surface area contributed by atoms with E-state index in [1.165, 1.54) is 6.07 Å². The quantitative estimate of drug-likeness (QED) is 0.837. The van der Waals surface area contributed by atoms with Crippen molar-refractivity contribution in [1.82, 2.24) is 5.32 Å². The fourth-order valence-corrected chi connectivity index (χ4v) is 1.61. The largest absolute Gasteiger partial charge is 0.483 e. The number of benzene rings is 1. The summed E-state index contributed by atoms with van der Waals surface area (Å²) in [5, 5.41) is 11.8. The van der Waals surface area contributed by atoms with Crippen molar-refractivity contribution in [1.29, 1.82) is 0 Å². The van der Waals surface area contributed by atoms with Crippen LogP contribution in [0.5, 0.6) is 5.75 Å². The van der Waals surface area contributed by atoms with Crippen molar-refractivity contribution in [3.05, 3.63) is 29.3 Å². The molecule has 0 aromatic heterocycles. The molecule has 5 heteroatoms. The first kappa shape index (κ1) is 16.0. The summed E-state index contributed by atoms with van der Waals surface area (Å²) < 4.78 is 5.39. The van der Waals surface area contributed by atoms with Crippen LogP contribution in [0.25, 0.3) is 0 Å². The summed E-state index contributed by atoms with van der Waals surface area (Å²) in [6.07, 6.45) is 0. The highest BCUT2D eigenvalue weighted by molar-refractivity contribution is 5.90. The fourth-order valence-electron chi connectivity index (χ4n) is 1.61. The number of nitrogens with one attached hydrogen (secondary N) is 1. The molecule has 0 spiro atoms. The highest BCUT2D eigenvalue weighted by atomic mass is 16.5. The average Bonchev–Trinajstić information content (AvgIpc) is 2.36. The minimum absolute atomic E-state index is 0.0672. The molecule has 1 aromatic rings. The summed E-state index contributed by atoms with van der Waals surface area (Å²) >= 11 is 0. The Bertz CT molecular complexity index is 497. The molecule has 1 atom stereocenters. The van der Waals surface area contributed by atoms with Crippen molar-refractivity contribution in [2.75, 3.05) is 6.61 Å². The Hall–Kier alpha value is -2.04. The second-order valence-corrected chi connectivity index (χ2v) is 5.12. The molecule has 0 aliphatic heterocycles. The van der Waals surface area contributed by atoms with Gasteiger partial charge in [-0.3, -0.25) is 4.79 Å². The third-order valence-electron chi connectivity index (χ3n) is 3.26. The van der Waals surface area contributed by atoms with E-state index in [1.54, 1.807) is 19.1 Å². The Kier molecular flexibility index (Phi) is 5.55. The summed E-state index contributed by atoms with van der Waals surface area (Å²) in [7, 11) is 0. The number of carboxylic acids is 1. The van der Waals surface area contributed by atoms with Gasteiger partial charge in [0.1, 0.15) is 5.75 Å². The van der Waals surface area contributed by atoms with Crippen LogP contribution in [0, 0.1) is 12.8 Å². The molecule has 0 radical (unpaired) electrons. The van der Waals surface area contributed by atoms with Gasteiger partial charge in [0.25, 0.3) is 5.91 Å². The lowest BCUT2D eigenvalue weighted by Crippen LogP contribution is -2.39. The Morgan fingerprint density at radius 1 is 1.30 bits per heavy atom. The van der Waals surface area contributed by atoms with Crippen molar-refractivity contribution in [2.45, 2.75) is 33.7 Å². The van der Waals surface area contributed by atoms with Crippen LogP contribution in [0.15, 0.2) is 18.2 Å². The molecule has 5 nitrogen and oxygen atoms in total. The molecule has 0 heterocycles. The van der Waals surface area contributed by atoms with Gasteiger partial charge in [0.2, 0.25) is 0 Å². The van der Waals surface area contributed by atoms with Crippen molar-refractivity contribution in [3.8, 4) is 5.75 Å². The summed E-state index contributed by atoms with van der Waals surface area (Å²) in [6, 6.07) is 4.82. The van der Waals surface area contributed by atoms with Gasteiger partial charge in [-0.25, -0.2) is 4.79 Å². The Balaban J connectivity index is 2.64. The molecule has 20 heavy (non-hydrogen) atoms. The SMILES string of the molecule is Cc1c(OCC(=O)NC(C)C(C)C)cccc1C(=O)O. The highest BCUT2D eigenvalue weighted by Gasteiger charge is 2.14. The number of rotatable bonds is 6. The molecular formula is C15H21NO4. The number of ether oxygens (including phenoxy) is 1. The lowest BCUT2D eigenvalue weighted by Gasteiger charge is -2.18. The van der Waals surface area contributed by atoms with Gasteiger partial charge in [-0.15, -0.1) is 0 Å². The van der Waals surface area contributed by atoms with E-state index in [9.17, 15) is 9.59 Å². The third-order valence-corrected chi connectivity index (χ3v) is 3.26. The predicted octanol–water partition coefficient (Wildman–Crippen LogP) is 2.23. The van der Waals surface area contributed by atoms with Crippen LogP contribution in [0.1, 0.15) is 36.7 Å². The molecule has 1 aromatic carbocycles. The summed E-state index contributed by atoms with van der Waals surface area (Å²) in [4.78, 5) is 22.7. The molecule has 1 rings (SSSR count). The lowest BCUT2D eigenvalue weighted by molar-refractivity contribution is -0.124. The van der Waals surface area contributed by atoms with Crippen molar-refractivity contribution in [2.24, 2.45) is 5.92 Å². The van der Waals surface area contributed by atoms with Crippen LogP contribution in [-0.4, -0.2) is 29.6 Å². The van der Waals surface area contributed by atoms with Gasteiger partial charge < -0.3 is 15.2 Å². The predicted molar refractivity (Wildman–Crippen MR) is 76.1 cm³/mol. The number of carbonyl (C=O) groups excluding carboxylic acids is 1. The van der Waals surface area contributed by atoms with Crippen LogP contribution in [-0.2, 0) is 4.79 Å². The Morgan fingerprint density at radius 3 is 2.50 bits per heavy atom. The average molecular weight is 279 g/mol. The van der Waals surface area contributed by atoms with E-state index in [1.807, 2.05) is 20.8 Å². The van der Waals surface area contributed by atoms with Gasteiger partial charge in [-0.2, -0.15) is 0 Å². The van der Waals surface area contributed by atoms with E-state index >= 15 is 0 Å². The van der Waals surface area contributed by atoms with Gasteiger partial charge in [0, 0.05) is 11.6 Å². The van der Waals surface area contributed by atoms with E-state index in [4.69, 9.17) is 9.84 Å². The summed E-state index contributed by atoms with van der Waals surface area (Å²) in [6.45, 7) is 7.51. The first-order valence-electron chi connectivity index (χ1n) is 6.58. The first-order valence-corrected chi connectivity index (χ1v) is 6.58. The van der Waals surface area contributed by atoms with E-state index in [2.05, 4.69) is 5.32 Å². The maximum atomic E-state index is 11.7. The summed E-state index contributed by atoms with van der Waals surface area (Å²) in [5.74, 6) is -0.467. The molecule has 2 N–H and O–H groups in total. The standard InChI is InChI=1S/C15H21NO4/c1-9(2)11(4)16-14(17)8-20-13-7-5-6-12(10(13)3)15(18)19/h5-7,9,11H,8H2,1-4H3,(H,16,17)(H,18,19). The van der Waals surface area contributed by atoms with E-state index < -0.39 is 5.97 Å². The van der Waals surface area contributed by atoms with Gasteiger partial charge in [0.05, 0.1) is 5.56 Å². The van der Waals surface area contributed by atoms with Crippen molar-refractivity contribution >= 4 is 11.9 Å². The maximum Gasteiger partial charge on any atom is 0.336 e. The minimum Gasteiger partial charge on any atom is -0.483 e. The number of amides is 1. The Labute approximate surface area is 118 Å². The topological polar surface area (TPSA) is 75.6 Å². The second-order valence-electron chi connectivity index (χ2n) is 5.12. The molecule has 0 aliphatic rings. The molecule has 0 fully saturated rings. The molecular weight excluding hydrogens is 258 g/mol. The maximum absolute atomic E-state index is 11.7. The smallest absolute Gasteiger partial charge is 0.336 e. The number of hydrogen-bond donors (Lipinski definition) is 2. The first-order chi connectivity index (χ1) is 9.32. The second kappa shape index (κ2) is 6.93. The number of aromatic carboxylic acids is 1. The molecule has 1 amide bonds. The van der Waals surface area contributed by atoms with Crippen LogP contribution in [0.2, 0.25) is 0 Å². The molecule has 0 saturated heterocycles. The van der Waals surface area contributed by atoms with E-state index in [0.29, 0.717) is 17.2 Å². The fraction of sp³-hybridized carbons (Fsp3) is 0.467. The zero-order valence-corrected chi connectivity index (χ0v) is 12.3. The highest BCUT2D eigenvalue weighted by Crippen LogP contribution is 2.21. The van der Waals surface area contributed by atoms with E-state index in [0.717, 1.165) is 0 Å². The Morgan fingerprint density at radius 2 is 1.95 bits per heavy atom. The lowest BCUT2D eigenvalue weighted by atomic mass is 10.1. The van der Waals surface area contributed by atoms with Crippen LogP contribution >= 0.6 is 0 Å². The monoisotopic (exact) mass is 279 g/mol. The zero-order chi connectivity index (χ0) is 15.3.